The summed E-state index contributed by atoms with van der Waals surface area (Å²) in [6, 6.07) is 76.3. The molecule has 4 aliphatic rings. The molecule has 0 aromatic heterocycles. The van der Waals surface area contributed by atoms with Crippen LogP contribution in [0.4, 0.5) is 0 Å². The van der Waals surface area contributed by atoms with Gasteiger partial charge >= 0.3 is 0 Å². The molecular weight excluding hydrogens is 1190 g/mol. The first kappa shape index (κ1) is 66.0. The first-order chi connectivity index (χ1) is 43.7. The number of piperazine rings is 4. The summed E-state index contributed by atoms with van der Waals surface area (Å²) in [4.78, 5) is 29.8. The lowest BCUT2D eigenvalue weighted by Gasteiger charge is -2.40. The van der Waals surface area contributed by atoms with Gasteiger partial charge in [-0.2, -0.15) is 0 Å². The van der Waals surface area contributed by atoms with Gasteiger partial charge in [-0.25, -0.2) is 0 Å². The van der Waals surface area contributed by atoms with Crippen LogP contribution in [0, 0.1) is 0 Å². The molecule has 8 aromatic carbocycles. The molecule has 466 valence electrons. The van der Waals surface area contributed by atoms with Crippen molar-refractivity contribution in [2.75, 3.05) is 138 Å². The van der Waals surface area contributed by atoms with Crippen molar-refractivity contribution in [1.29, 1.82) is 0 Å². The van der Waals surface area contributed by atoms with E-state index in [2.05, 4.69) is 199 Å². The highest BCUT2D eigenvalue weighted by molar-refractivity contribution is 6.31. The number of aliphatic hydroxyl groups is 1. The van der Waals surface area contributed by atoms with Gasteiger partial charge in [-0.15, -0.1) is 0 Å². The minimum Gasteiger partial charge on any atom is -0.395 e. The Bertz CT molecular complexity index is 3300. The normalized spacial score (nSPS) is 17.9. The molecule has 4 saturated heterocycles. The number of nitrogens with one attached hydrogen (secondary N) is 1. The summed E-state index contributed by atoms with van der Waals surface area (Å²) in [7, 11) is 0. The molecule has 11 nitrogen and oxygen atoms in total. The van der Waals surface area contributed by atoms with Crippen molar-refractivity contribution in [2.24, 2.45) is 0 Å². The molecule has 4 fully saturated rings. The molecule has 0 spiro atoms. The van der Waals surface area contributed by atoms with E-state index < -0.39 is 0 Å². The van der Waals surface area contributed by atoms with Crippen LogP contribution in [0.3, 0.4) is 0 Å². The zero-order chi connectivity index (χ0) is 61.6. The summed E-state index contributed by atoms with van der Waals surface area (Å²) in [6.45, 7) is 17.6. The topological polar surface area (TPSA) is 81.2 Å². The van der Waals surface area contributed by atoms with Crippen molar-refractivity contribution in [3.05, 3.63) is 283 Å². The fraction of sp³-hybridized carbons (Fsp3) is 0.338. The predicted molar refractivity (Wildman–Crippen MR) is 365 cm³/mol. The van der Waals surface area contributed by atoms with Gasteiger partial charge in [-0.3, -0.25) is 34.2 Å². The van der Waals surface area contributed by atoms with Gasteiger partial charge in [-0.1, -0.05) is 216 Å². The Hall–Kier alpha value is -5.97. The summed E-state index contributed by atoms with van der Waals surface area (Å²) < 4.78 is 5.91. The van der Waals surface area contributed by atoms with Crippen LogP contribution in [0.25, 0.3) is 0 Å². The van der Waals surface area contributed by atoms with Crippen molar-refractivity contribution >= 4 is 52.3 Å². The average molecular weight is 1280 g/mol. The number of β-amino-alcohol motifs (C(OH)–C–C–N with tert-alkyl or cyclic N) is 1. The molecule has 89 heavy (non-hydrogen) atoms. The Morgan fingerprint density at radius 1 is 0.360 bits per heavy atom. The SMILES string of the molecule is Clc1ccc(C(c2ccccc2)N2CCNCC2)cc1.O=C(COCCN1CCN(C(c2ccccc2)c2ccc(Cl)cc2)CC1)N1CCN(C(c2ccccc2)c2ccc(Cl)cc2)CC1.OCCN1CCN(C(c2ccccc2)c2ccc(Cl)cc2)CC1. The minimum atomic E-state index is 0.0703. The second-order valence-corrected chi connectivity index (χ2v) is 24.9. The molecule has 12 rings (SSSR count). The monoisotopic (exact) mass is 1270 g/mol. The fourth-order valence-corrected chi connectivity index (χ4v) is 13.3. The summed E-state index contributed by atoms with van der Waals surface area (Å²) in [5.41, 5.74) is 10.2. The van der Waals surface area contributed by atoms with E-state index in [1.807, 2.05) is 59.5 Å². The molecule has 0 aliphatic carbocycles. The largest absolute Gasteiger partial charge is 0.395 e. The zero-order valence-electron chi connectivity index (χ0n) is 50.8. The quantitative estimate of drug-likeness (QED) is 0.0764. The average Bonchev–Trinajstić information content (AvgIpc) is 3.45. The standard InChI is InChI=1S/C38H42Cl2N4O2.C19H23ClN2O.C17H19ClN2/c39-34-15-11-32(12-16-34)37(30-7-3-1-4-8-30)43-21-19-41(20-22-43)27-28-46-29-36(45)42-23-25-44(26-24-42)38(31-9-5-2-6-10-31)33-13-17-35(40)18-14-33;20-18-8-6-17(7-9-18)19(16-4-2-1-3-5-16)22-12-10-21(11-13-22)14-15-23;18-16-8-6-15(7-9-16)17(14-4-2-1-3-5-14)20-12-10-19-11-13-20/h1-18,37-38H,19-29H2;1-9,19,23H,10-15H2;1-9,17,19H,10-13H2. The molecule has 2 N–H and O–H groups in total. The van der Waals surface area contributed by atoms with E-state index in [1.54, 1.807) is 0 Å². The van der Waals surface area contributed by atoms with Gasteiger partial charge in [0.25, 0.3) is 0 Å². The van der Waals surface area contributed by atoms with Crippen molar-refractivity contribution in [2.45, 2.75) is 24.2 Å². The Kier molecular flexibility index (Phi) is 25.5. The molecule has 4 aliphatic heterocycles. The highest BCUT2D eigenvalue weighted by Gasteiger charge is 2.31. The van der Waals surface area contributed by atoms with E-state index in [-0.39, 0.29) is 37.2 Å². The first-order valence-corrected chi connectivity index (χ1v) is 33.0. The molecule has 1 amide bonds. The summed E-state index contributed by atoms with van der Waals surface area (Å²) in [6.07, 6.45) is 0. The van der Waals surface area contributed by atoms with Crippen LogP contribution in [0.1, 0.15) is 68.7 Å². The second kappa shape index (κ2) is 34.5. The number of aliphatic hydroxyl groups excluding tert-OH is 1. The molecule has 4 heterocycles. The number of nitrogens with zero attached hydrogens (tertiary/aromatic N) is 7. The Morgan fingerprint density at radius 2 is 0.629 bits per heavy atom. The van der Waals surface area contributed by atoms with Crippen LogP contribution in [0.15, 0.2) is 218 Å². The summed E-state index contributed by atoms with van der Waals surface area (Å²) >= 11 is 24.5. The number of hydrogen-bond donors (Lipinski definition) is 2. The molecular formula is C74H84Cl4N8O3. The Morgan fingerprint density at radius 3 is 0.933 bits per heavy atom. The van der Waals surface area contributed by atoms with Gasteiger partial charge in [0, 0.05) is 138 Å². The predicted octanol–water partition coefficient (Wildman–Crippen LogP) is 13.0. The number of benzene rings is 8. The van der Waals surface area contributed by atoms with E-state index in [9.17, 15) is 4.79 Å². The Balaban J connectivity index is 0.000000168. The van der Waals surface area contributed by atoms with Gasteiger partial charge in [0.2, 0.25) is 5.91 Å². The molecule has 8 aromatic rings. The van der Waals surface area contributed by atoms with E-state index >= 15 is 0 Å². The van der Waals surface area contributed by atoms with Crippen LogP contribution in [0.5, 0.6) is 0 Å². The molecule has 0 bridgehead atoms. The van der Waals surface area contributed by atoms with Gasteiger partial charge < -0.3 is 20.1 Å². The lowest BCUT2D eigenvalue weighted by Crippen LogP contribution is -2.51. The smallest absolute Gasteiger partial charge is 0.248 e. The third-order valence-electron chi connectivity index (χ3n) is 17.5. The lowest BCUT2D eigenvalue weighted by molar-refractivity contribution is -0.138. The van der Waals surface area contributed by atoms with Crippen LogP contribution in [0.2, 0.25) is 20.1 Å². The molecule has 4 unspecified atom stereocenters. The van der Waals surface area contributed by atoms with E-state index in [1.165, 1.54) is 44.5 Å². The minimum absolute atomic E-state index is 0.0703. The van der Waals surface area contributed by atoms with E-state index in [0.717, 1.165) is 125 Å². The fourth-order valence-electron chi connectivity index (χ4n) is 12.8. The van der Waals surface area contributed by atoms with Crippen molar-refractivity contribution in [3.63, 3.8) is 0 Å². The molecule has 0 saturated carbocycles. The summed E-state index contributed by atoms with van der Waals surface area (Å²) in [5, 5.41) is 15.6. The van der Waals surface area contributed by atoms with Crippen LogP contribution >= 0.6 is 46.4 Å². The first-order valence-electron chi connectivity index (χ1n) is 31.5. The zero-order valence-corrected chi connectivity index (χ0v) is 53.9. The van der Waals surface area contributed by atoms with Gasteiger partial charge in [-0.05, 0) is 93.0 Å². The molecule has 15 heteroatoms. The second-order valence-electron chi connectivity index (χ2n) is 23.2. The molecule has 4 atom stereocenters. The van der Waals surface area contributed by atoms with Gasteiger partial charge in [0.1, 0.15) is 6.61 Å². The van der Waals surface area contributed by atoms with Crippen molar-refractivity contribution in [3.8, 4) is 0 Å². The van der Waals surface area contributed by atoms with Gasteiger partial charge in [0.15, 0.2) is 0 Å². The van der Waals surface area contributed by atoms with Crippen molar-refractivity contribution in [1.82, 2.24) is 39.6 Å². The highest BCUT2D eigenvalue weighted by atomic mass is 35.5. The number of ether oxygens (including phenoxy) is 1. The number of amides is 1. The van der Waals surface area contributed by atoms with E-state index in [4.69, 9.17) is 56.2 Å². The Labute approximate surface area is 547 Å². The highest BCUT2D eigenvalue weighted by Crippen LogP contribution is 2.35. The maximum Gasteiger partial charge on any atom is 0.248 e. The molecule has 0 radical (unpaired) electrons. The number of hydrogen-bond acceptors (Lipinski definition) is 10. The maximum atomic E-state index is 13.1. The van der Waals surface area contributed by atoms with Crippen LogP contribution < -0.4 is 5.32 Å². The van der Waals surface area contributed by atoms with Crippen molar-refractivity contribution < 1.29 is 14.6 Å². The van der Waals surface area contributed by atoms with Crippen LogP contribution in [-0.2, 0) is 9.53 Å². The number of halogens is 4. The van der Waals surface area contributed by atoms with E-state index in [0.29, 0.717) is 25.7 Å². The number of rotatable bonds is 19. The third kappa shape index (κ3) is 19.1. The maximum absolute atomic E-state index is 13.1. The number of carbonyl (C=O) groups is 1. The lowest BCUT2D eigenvalue weighted by atomic mass is 9.96. The number of carbonyl (C=O) groups excluding carboxylic acids is 1. The van der Waals surface area contributed by atoms with Crippen LogP contribution in [-0.4, -0.2) is 183 Å². The third-order valence-corrected chi connectivity index (χ3v) is 18.5. The summed E-state index contributed by atoms with van der Waals surface area (Å²) in [5.74, 6) is 0.0703. The van der Waals surface area contributed by atoms with Gasteiger partial charge in [0.05, 0.1) is 37.4 Å².